The molecule has 1 saturated heterocycles. The van der Waals surface area contributed by atoms with Crippen LogP contribution in [0.2, 0.25) is 0 Å². The standard InChI is InChI=1S/C13H22N2S/c1-10(7-13-5-4-6-16-13)14-12-8-11(2)15(3)9-12/h4-6,10-12,14H,7-9H2,1-3H3. The van der Waals surface area contributed by atoms with Crippen LogP contribution >= 0.6 is 11.3 Å². The molecule has 2 rings (SSSR count). The van der Waals surface area contributed by atoms with Gasteiger partial charge in [0.05, 0.1) is 0 Å². The van der Waals surface area contributed by atoms with Gasteiger partial charge in [-0.15, -0.1) is 11.3 Å². The summed E-state index contributed by atoms with van der Waals surface area (Å²) in [4.78, 5) is 3.93. The van der Waals surface area contributed by atoms with Gasteiger partial charge in [0.25, 0.3) is 0 Å². The van der Waals surface area contributed by atoms with Crippen molar-refractivity contribution < 1.29 is 0 Å². The molecule has 0 aliphatic carbocycles. The number of hydrogen-bond acceptors (Lipinski definition) is 3. The van der Waals surface area contributed by atoms with Crippen LogP contribution in [0, 0.1) is 0 Å². The molecule has 3 atom stereocenters. The van der Waals surface area contributed by atoms with Crippen molar-refractivity contribution in [3.8, 4) is 0 Å². The molecule has 2 heterocycles. The maximum atomic E-state index is 3.74. The normalized spacial score (nSPS) is 28.4. The molecule has 1 aliphatic heterocycles. The van der Waals surface area contributed by atoms with Gasteiger partial charge in [0.1, 0.15) is 0 Å². The molecule has 1 aromatic rings. The Balaban J connectivity index is 1.77. The molecule has 3 heteroatoms. The van der Waals surface area contributed by atoms with Gasteiger partial charge in [-0.05, 0) is 45.2 Å². The third-order valence-electron chi connectivity index (χ3n) is 3.49. The molecule has 0 spiro atoms. The lowest BCUT2D eigenvalue weighted by atomic mass is 10.1. The van der Waals surface area contributed by atoms with Crippen LogP contribution in [0.4, 0.5) is 0 Å². The van der Waals surface area contributed by atoms with Gasteiger partial charge >= 0.3 is 0 Å². The first-order valence-corrected chi connectivity index (χ1v) is 7.02. The Bertz CT molecular complexity index is 300. The molecule has 0 saturated carbocycles. The zero-order valence-electron chi connectivity index (χ0n) is 10.4. The molecule has 1 aliphatic rings. The fraction of sp³-hybridized carbons (Fsp3) is 0.692. The Morgan fingerprint density at radius 1 is 1.62 bits per heavy atom. The van der Waals surface area contributed by atoms with Gasteiger partial charge in [-0.2, -0.15) is 0 Å². The number of likely N-dealkylation sites (tertiary alicyclic amines) is 1. The topological polar surface area (TPSA) is 15.3 Å². The number of hydrogen-bond donors (Lipinski definition) is 1. The van der Waals surface area contributed by atoms with Crippen LogP contribution in [0.1, 0.15) is 25.1 Å². The highest BCUT2D eigenvalue weighted by molar-refractivity contribution is 7.09. The van der Waals surface area contributed by atoms with Crippen molar-refractivity contribution in [3.63, 3.8) is 0 Å². The van der Waals surface area contributed by atoms with Crippen LogP contribution in [0.5, 0.6) is 0 Å². The van der Waals surface area contributed by atoms with Crippen molar-refractivity contribution in [2.75, 3.05) is 13.6 Å². The molecule has 0 bridgehead atoms. The summed E-state index contributed by atoms with van der Waals surface area (Å²) in [5, 5.41) is 5.90. The molecule has 0 amide bonds. The molecule has 1 N–H and O–H groups in total. The second kappa shape index (κ2) is 5.30. The second-order valence-corrected chi connectivity index (χ2v) is 6.10. The molecule has 0 radical (unpaired) electrons. The Hall–Kier alpha value is -0.380. The van der Waals surface area contributed by atoms with Crippen molar-refractivity contribution in [2.24, 2.45) is 0 Å². The van der Waals surface area contributed by atoms with Crippen LogP contribution in [0.15, 0.2) is 17.5 Å². The summed E-state index contributed by atoms with van der Waals surface area (Å²) in [6.07, 6.45) is 2.44. The third-order valence-corrected chi connectivity index (χ3v) is 4.39. The highest BCUT2D eigenvalue weighted by Crippen LogP contribution is 2.17. The summed E-state index contributed by atoms with van der Waals surface area (Å²) in [5.74, 6) is 0. The van der Waals surface area contributed by atoms with Crippen LogP contribution in [0.25, 0.3) is 0 Å². The van der Waals surface area contributed by atoms with E-state index in [1.54, 1.807) is 0 Å². The predicted octanol–water partition coefficient (Wildman–Crippen LogP) is 2.36. The summed E-state index contributed by atoms with van der Waals surface area (Å²) in [6, 6.07) is 6.36. The van der Waals surface area contributed by atoms with Gasteiger partial charge in [0.15, 0.2) is 0 Å². The average Bonchev–Trinajstić information content (AvgIpc) is 2.78. The second-order valence-electron chi connectivity index (χ2n) is 5.07. The fourth-order valence-electron chi connectivity index (χ4n) is 2.51. The lowest BCUT2D eigenvalue weighted by Gasteiger charge is -2.18. The first-order chi connectivity index (χ1) is 7.65. The van der Waals surface area contributed by atoms with Crippen LogP contribution in [-0.4, -0.2) is 36.6 Å². The first-order valence-electron chi connectivity index (χ1n) is 6.14. The largest absolute Gasteiger partial charge is 0.310 e. The lowest BCUT2D eigenvalue weighted by Crippen LogP contribution is -2.39. The number of rotatable bonds is 4. The minimum atomic E-state index is 0.586. The Morgan fingerprint density at radius 3 is 3.00 bits per heavy atom. The smallest absolute Gasteiger partial charge is 0.0212 e. The van der Waals surface area contributed by atoms with Crippen molar-refractivity contribution in [3.05, 3.63) is 22.4 Å². The molecule has 3 unspecified atom stereocenters. The Morgan fingerprint density at radius 2 is 2.44 bits per heavy atom. The lowest BCUT2D eigenvalue weighted by molar-refractivity contribution is 0.325. The molecule has 0 aromatic carbocycles. The van der Waals surface area contributed by atoms with E-state index in [9.17, 15) is 0 Å². The van der Waals surface area contributed by atoms with Crippen molar-refractivity contribution >= 4 is 11.3 Å². The molecular formula is C13H22N2S. The minimum Gasteiger partial charge on any atom is -0.310 e. The van der Waals surface area contributed by atoms with Crippen LogP contribution < -0.4 is 5.32 Å². The Kier molecular flexibility index (Phi) is 4.00. The number of likely N-dealkylation sites (N-methyl/N-ethyl adjacent to an activating group) is 1. The van der Waals surface area contributed by atoms with Crippen LogP contribution in [0.3, 0.4) is 0 Å². The van der Waals surface area contributed by atoms with Gasteiger partial charge in [0, 0.05) is 29.5 Å². The van der Waals surface area contributed by atoms with Gasteiger partial charge < -0.3 is 10.2 Å². The first kappa shape index (κ1) is 12.1. The van der Waals surface area contributed by atoms with Crippen LogP contribution in [-0.2, 0) is 6.42 Å². The molecule has 90 valence electrons. The number of nitrogens with zero attached hydrogens (tertiary/aromatic N) is 1. The van der Waals surface area contributed by atoms with Crippen molar-refractivity contribution in [1.29, 1.82) is 0 Å². The SMILES string of the molecule is CC(Cc1cccs1)NC1CC(C)N(C)C1. The molecular weight excluding hydrogens is 216 g/mol. The van der Waals surface area contributed by atoms with Crippen molar-refractivity contribution in [2.45, 2.75) is 44.8 Å². The number of nitrogens with one attached hydrogen (secondary N) is 1. The van der Waals surface area contributed by atoms with E-state index in [1.807, 2.05) is 11.3 Å². The molecule has 1 fully saturated rings. The van der Waals surface area contributed by atoms with Gasteiger partial charge in [-0.25, -0.2) is 0 Å². The monoisotopic (exact) mass is 238 g/mol. The Labute approximate surface area is 103 Å². The maximum absolute atomic E-state index is 3.74. The maximum Gasteiger partial charge on any atom is 0.0212 e. The summed E-state index contributed by atoms with van der Waals surface area (Å²) in [7, 11) is 2.22. The zero-order chi connectivity index (χ0) is 11.5. The molecule has 2 nitrogen and oxygen atoms in total. The third kappa shape index (κ3) is 3.06. The van der Waals surface area contributed by atoms with E-state index in [0.29, 0.717) is 12.1 Å². The van der Waals surface area contributed by atoms with E-state index >= 15 is 0 Å². The molecule has 16 heavy (non-hydrogen) atoms. The van der Waals surface area contributed by atoms with Gasteiger partial charge in [-0.3, -0.25) is 0 Å². The van der Waals surface area contributed by atoms with E-state index in [4.69, 9.17) is 0 Å². The van der Waals surface area contributed by atoms with E-state index in [1.165, 1.54) is 17.8 Å². The summed E-state index contributed by atoms with van der Waals surface area (Å²) < 4.78 is 0. The molecule has 1 aromatic heterocycles. The van der Waals surface area contributed by atoms with E-state index < -0.39 is 0 Å². The predicted molar refractivity (Wildman–Crippen MR) is 71.1 cm³/mol. The zero-order valence-corrected chi connectivity index (χ0v) is 11.3. The highest BCUT2D eigenvalue weighted by Gasteiger charge is 2.26. The number of thiophene rings is 1. The quantitative estimate of drug-likeness (QED) is 0.866. The van der Waals surface area contributed by atoms with E-state index in [-0.39, 0.29) is 0 Å². The van der Waals surface area contributed by atoms with Gasteiger partial charge in [0.2, 0.25) is 0 Å². The summed E-state index contributed by atoms with van der Waals surface area (Å²) >= 11 is 1.86. The van der Waals surface area contributed by atoms with E-state index in [2.05, 4.69) is 48.6 Å². The average molecular weight is 238 g/mol. The highest BCUT2D eigenvalue weighted by atomic mass is 32.1. The minimum absolute atomic E-state index is 0.586. The van der Waals surface area contributed by atoms with Gasteiger partial charge in [-0.1, -0.05) is 6.07 Å². The van der Waals surface area contributed by atoms with Crippen molar-refractivity contribution in [1.82, 2.24) is 10.2 Å². The fourth-order valence-corrected chi connectivity index (χ4v) is 3.34. The summed E-state index contributed by atoms with van der Waals surface area (Å²) in [6.45, 7) is 5.80. The summed E-state index contributed by atoms with van der Waals surface area (Å²) in [5.41, 5.74) is 0. The van der Waals surface area contributed by atoms with E-state index in [0.717, 1.165) is 12.5 Å².